The van der Waals surface area contributed by atoms with Gasteiger partial charge in [-0.25, -0.2) is 9.46 Å². The molecule has 0 radical (unpaired) electrons. The van der Waals surface area contributed by atoms with E-state index in [0.717, 1.165) is 16.7 Å². The number of carbonyl (C=O) groups is 1. The van der Waals surface area contributed by atoms with Gasteiger partial charge >= 0.3 is 5.69 Å². The number of carbonyl (C=O) groups excluding carboxylic acids is 1. The fraction of sp³-hybridized carbons (Fsp3) is 0.348. The van der Waals surface area contributed by atoms with Crippen LogP contribution in [-0.2, 0) is 24.1 Å². The van der Waals surface area contributed by atoms with E-state index in [9.17, 15) is 14.9 Å². The SMILES string of the molecule is COc1ccc(C(OC[C@H]2O[C@@H](n3cc(I)c(NC(=O)c4ccccc4)nc3=O)C[C@@H]2OP(OCCC#N)N(C(C)C)C(C)C)(c2ccccc2)c2ccc(OC)cc2)cc1. The molecular weight excluding hydrogens is 908 g/mol. The van der Waals surface area contributed by atoms with Crippen molar-refractivity contribution in [3.63, 3.8) is 0 Å². The highest BCUT2D eigenvalue weighted by Gasteiger charge is 2.45. The number of hydrogen-bond donors (Lipinski definition) is 1. The molecule has 1 N–H and O–H groups in total. The number of ether oxygens (including phenoxy) is 4. The summed E-state index contributed by atoms with van der Waals surface area (Å²) in [4.78, 5) is 31.1. The summed E-state index contributed by atoms with van der Waals surface area (Å²) in [5.74, 6) is 1.15. The number of methoxy groups -OCH3 is 2. The van der Waals surface area contributed by atoms with Gasteiger partial charge < -0.3 is 33.3 Å². The Labute approximate surface area is 372 Å². The van der Waals surface area contributed by atoms with Crippen molar-refractivity contribution in [3.8, 4) is 17.6 Å². The first-order valence-corrected chi connectivity index (χ1v) is 22.2. The zero-order valence-electron chi connectivity index (χ0n) is 35.1. The summed E-state index contributed by atoms with van der Waals surface area (Å²) >= 11 is 2.05. The Kier molecular flexibility index (Phi) is 16.1. The number of benzene rings is 4. The summed E-state index contributed by atoms with van der Waals surface area (Å²) in [5.41, 5.74) is 1.22. The van der Waals surface area contributed by atoms with Crippen LogP contribution in [0.2, 0.25) is 0 Å². The van der Waals surface area contributed by atoms with Gasteiger partial charge in [-0.3, -0.25) is 9.36 Å². The Morgan fingerprint density at radius 3 is 2.02 bits per heavy atom. The number of anilines is 1. The van der Waals surface area contributed by atoms with Crippen LogP contribution in [0.1, 0.15) is 73.8 Å². The molecule has 0 bridgehead atoms. The van der Waals surface area contributed by atoms with Crippen LogP contribution in [0.25, 0.3) is 0 Å². The van der Waals surface area contributed by atoms with Crippen LogP contribution in [0.3, 0.4) is 0 Å². The molecule has 0 spiro atoms. The fourth-order valence-electron chi connectivity index (χ4n) is 7.33. The average molecular weight is 960 g/mol. The first-order chi connectivity index (χ1) is 29.5. The van der Waals surface area contributed by atoms with Crippen molar-refractivity contribution in [3.05, 3.63) is 152 Å². The highest BCUT2D eigenvalue weighted by Crippen LogP contribution is 2.51. The Morgan fingerprint density at radius 1 is 0.918 bits per heavy atom. The molecule has 4 atom stereocenters. The topological polar surface area (TPSA) is 146 Å². The highest BCUT2D eigenvalue weighted by atomic mass is 127. The minimum atomic E-state index is -1.71. The Bertz CT molecular complexity index is 2240. The number of amides is 1. The number of nitrogens with one attached hydrogen (secondary N) is 1. The maximum absolute atomic E-state index is 13.8. The summed E-state index contributed by atoms with van der Waals surface area (Å²) in [6, 6.07) is 36.5. The lowest BCUT2D eigenvalue weighted by Gasteiger charge is -2.39. The molecule has 0 aliphatic carbocycles. The second-order valence-electron chi connectivity index (χ2n) is 14.8. The Morgan fingerprint density at radius 2 is 1.48 bits per heavy atom. The maximum atomic E-state index is 13.8. The molecule has 1 fully saturated rings. The zero-order chi connectivity index (χ0) is 43.5. The maximum Gasteiger partial charge on any atom is 0.351 e. The number of nitriles is 1. The number of aromatic nitrogens is 2. The van der Waals surface area contributed by atoms with E-state index in [1.54, 1.807) is 44.7 Å². The fourth-order valence-corrected chi connectivity index (χ4v) is 9.65. The smallest absolute Gasteiger partial charge is 0.351 e. The molecule has 1 unspecified atom stereocenters. The van der Waals surface area contributed by atoms with E-state index in [1.807, 2.05) is 84.9 Å². The van der Waals surface area contributed by atoms with Gasteiger partial charge in [-0.1, -0.05) is 72.8 Å². The van der Waals surface area contributed by atoms with Gasteiger partial charge in [0.25, 0.3) is 14.4 Å². The quantitative estimate of drug-likeness (QED) is 0.0366. The lowest BCUT2D eigenvalue weighted by Crippen LogP contribution is -2.39. The minimum absolute atomic E-state index is 0.0172. The molecule has 5 aromatic rings. The molecule has 1 saturated heterocycles. The van der Waals surface area contributed by atoms with E-state index in [2.05, 4.69) is 71.3 Å². The van der Waals surface area contributed by atoms with Crippen molar-refractivity contribution in [2.75, 3.05) is 32.8 Å². The Balaban J connectivity index is 1.41. The van der Waals surface area contributed by atoms with Gasteiger partial charge in [-0.15, -0.1) is 0 Å². The molecule has 15 heteroatoms. The van der Waals surface area contributed by atoms with Crippen LogP contribution in [0.15, 0.2) is 120 Å². The molecule has 61 heavy (non-hydrogen) atoms. The second kappa shape index (κ2) is 21.4. The van der Waals surface area contributed by atoms with Gasteiger partial charge in [0, 0.05) is 30.3 Å². The predicted molar refractivity (Wildman–Crippen MR) is 242 cm³/mol. The van der Waals surface area contributed by atoms with Crippen molar-refractivity contribution in [1.29, 1.82) is 5.26 Å². The van der Waals surface area contributed by atoms with E-state index in [0.29, 0.717) is 20.6 Å². The molecule has 1 aromatic heterocycles. The van der Waals surface area contributed by atoms with Crippen LogP contribution in [0, 0.1) is 14.9 Å². The molecule has 320 valence electrons. The number of rotatable bonds is 19. The molecule has 6 rings (SSSR count). The van der Waals surface area contributed by atoms with Crippen molar-refractivity contribution in [2.45, 2.75) is 76.7 Å². The van der Waals surface area contributed by atoms with Crippen molar-refractivity contribution >= 4 is 42.8 Å². The van der Waals surface area contributed by atoms with Crippen molar-refractivity contribution in [2.24, 2.45) is 0 Å². The number of halogens is 1. The molecule has 1 amide bonds. The predicted octanol–water partition coefficient (Wildman–Crippen LogP) is 9.07. The summed E-state index contributed by atoms with van der Waals surface area (Å²) < 4.78 is 42.6. The summed E-state index contributed by atoms with van der Waals surface area (Å²) in [6.07, 6.45) is -0.113. The van der Waals surface area contributed by atoms with E-state index in [4.69, 9.17) is 28.0 Å². The van der Waals surface area contributed by atoms with Gasteiger partial charge in [0.05, 0.1) is 49.6 Å². The first kappa shape index (κ1) is 45.8. The van der Waals surface area contributed by atoms with Gasteiger partial charge in [0.2, 0.25) is 0 Å². The van der Waals surface area contributed by atoms with E-state index < -0.39 is 38.3 Å². The third-order valence-corrected chi connectivity index (χ3v) is 13.1. The third kappa shape index (κ3) is 10.8. The van der Waals surface area contributed by atoms with Gasteiger partial charge in [0.15, 0.2) is 5.82 Å². The van der Waals surface area contributed by atoms with E-state index in [-0.39, 0.29) is 49.9 Å². The standard InChI is InChI=1S/C46H51IN5O8P/c1-31(2)52(32(3)4)61(58-27-13-26-48)60-40-28-42(51-29-39(47)43(50-45(51)54)49-44(53)33-14-9-7-10-15-33)59-41(40)30-57-46(34-16-11-8-12-17-34,35-18-22-37(55-5)23-19-35)36-20-24-38(56-6)25-21-36/h7-12,14-25,29,31-32,40-42H,13,27-28,30H2,1-6H3,(H,49,50,53,54)/t40-,41+,42+,61?/m0/s1. The van der Waals surface area contributed by atoms with Crippen LogP contribution in [0.5, 0.6) is 11.5 Å². The zero-order valence-corrected chi connectivity index (χ0v) is 38.1. The van der Waals surface area contributed by atoms with Gasteiger partial charge in [-0.2, -0.15) is 10.2 Å². The third-order valence-electron chi connectivity index (χ3n) is 10.2. The van der Waals surface area contributed by atoms with Crippen LogP contribution < -0.4 is 20.5 Å². The summed E-state index contributed by atoms with van der Waals surface area (Å²) in [6.45, 7) is 8.49. The molecule has 0 saturated carbocycles. The molecule has 1 aliphatic rings. The molecule has 1 aliphatic heterocycles. The lowest BCUT2D eigenvalue weighted by molar-refractivity contribution is -0.0925. The summed E-state index contributed by atoms with van der Waals surface area (Å²) in [5, 5.41) is 12.2. The Hall–Kier alpha value is -4.72. The van der Waals surface area contributed by atoms with E-state index >= 15 is 0 Å². The molecule has 2 heterocycles. The lowest BCUT2D eigenvalue weighted by atomic mass is 9.80. The first-order valence-electron chi connectivity index (χ1n) is 20.0. The van der Waals surface area contributed by atoms with Crippen molar-refractivity contribution < 1.29 is 32.8 Å². The van der Waals surface area contributed by atoms with Crippen LogP contribution >= 0.6 is 31.1 Å². The van der Waals surface area contributed by atoms with Crippen LogP contribution in [0.4, 0.5) is 5.82 Å². The minimum Gasteiger partial charge on any atom is -0.497 e. The summed E-state index contributed by atoms with van der Waals surface area (Å²) in [7, 11) is 1.55. The molecule has 4 aromatic carbocycles. The van der Waals surface area contributed by atoms with Gasteiger partial charge in [0.1, 0.15) is 29.4 Å². The monoisotopic (exact) mass is 959 g/mol. The number of hydrogen-bond acceptors (Lipinski definition) is 11. The molecule has 13 nitrogen and oxygen atoms in total. The van der Waals surface area contributed by atoms with Crippen molar-refractivity contribution in [1.82, 2.24) is 14.2 Å². The second-order valence-corrected chi connectivity index (χ2v) is 17.4. The number of nitrogens with zero attached hydrogens (tertiary/aromatic N) is 4. The normalized spacial score (nSPS) is 17.0. The molecular formula is C46H51IN5O8P. The largest absolute Gasteiger partial charge is 0.497 e. The highest BCUT2D eigenvalue weighted by molar-refractivity contribution is 14.1. The van der Waals surface area contributed by atoms with E-state index in [1.165, 1.54) is 4.57 Å². The van der Waals surface area contributed by atoms with Crippen LogP contribution in [-0.4, -0.2) is 71.9 Å². The average Bonchev–Trinajstić information content (AvgIpc) is 3.67. The van der Waals surface area contributed by atoms with Gasteiger partial charge in [-0.05, 0) is 103 Å².